The highest BCUT2D eigenvalue weighted by atomic mass is 35.5. The number of benzene rings is 1. The first-order valence-corrected chi connectivity index (χ1v) is 12.0. The van der Waals surface area contributed by atoms with E-state index in [0.29, 0.717) is 27.4 Å². The van der Waals surface area contributed by atoms with Gasteiger partial charge in [-0.2, -0.15) is 31.0 Å². The van der Waals surface area contributed by atoms with E-state index in [2.05, 4.69) is 10.1 Å². The van der Waals surface area contributed by atoms with Gasteiger partial charge in [-0.05, 0) is 30.3 Å². The van der Waals surface area contributed by atoms with E-state index >= 15 is 0 Å². The summed E-state index contributed by atoms with van der Waals surface area (Å²) in [6, 6.07) is 5.18. The Hall–Kier alpha value is -3.39. The van der Waals surface area contributed by atoms with Crippen LogP contribution in [0, 0.1) is 0 Å². The fourth-order valence-corrected chi connectivity index (χ4v) is 4.66. The molecule has 15 heteroatoms. The van der Waals surface area contributed by atoms with Crippen molar-refractivity contribution in [2.24, 2.45) is 0 Å². The van der Waals surface area contributed by atoms with Crippen molar-refractivity contribution in [2.45, 2.75) is 24.2 Å². The van der Waals surface area contributed by atoms with E-state index in [1.807, 2.05) is 0 Å². The third kappa shape index (κ3) is 4.57. The molecule has 0 saturated carbocycles. The molecule has 4 aromatic rings. The van der Waals surface area contributed by atoms with Crippen molar-refractivity contribution in [1.82, 2.24) is 19.2 Å². The Morgan fingerprint density at radius 2 is 1.61 bits per heavy atom. The lowest BCUT2D eigenvalue weighted by molar-refractivity contribution is -0.138. The molecule has 0 unspecified atom stereocenters. The molecule has 7 nitrogen and oxygen atoms in total. The molecule has 0 aliphatic rings. The quantitative estimate of drug-likeness (QED) is 0.333. The third-order valence-electron chi connectivity index (χ3n) is 5.20. The van der Waals surface area contributed by atoms with E-state index in [4.69, 9.17) is 11.6 Å². The average molecular weight is 551 g/mol. The van der Waals surface area contributed by atoms with Gasteiger partial charge in [-0.3, -0.25) is 0 Å². The molecule has 0 atom stereocenters. The maximum absolute atomic E-state index is 13.1. The summed E-state index contributed by atoms with van der Waals surface area (Å²) in [4.78, 5) is 16.3. The first-order valence-electron chi connectivity index (χ1n) is 9.92. The van der Waals surface area contributed by atoms with Crippen LogP contribution >= 0.6 is 11.6 Å². The van der Waals surface area contributed by atoms with Gasteiger partial charge in [0.25, 0.3) is 0 Å². The summed E-state index contributed by atoms with van der Waals surface area (Å²) in [5.41, 5.74) is -3.40. The number of fused-ring (bicyclic) bond motifs is 1. The molecular weight excluding hydrogens is 538 g/mol. The highest BCUT2D eigenvalue weighted by Gasteiger charge is 2.33. The first-order chi connectivity index (χ1) is 16.6. The molecule has 0 aliphatic carbocycles. The molecule has 3 aromatic heterocycles. The van der Waals surface area contributed by atoms with Crippen LogP contribution in [0.4, 0.5) is 26.3 Å². The zero-order chi connectivity index (χ0) is 26.6. The zero-order valence-electron chi connectivity index (χ0n) is 17.9. The standard InChI is InChI=1S/C21H13ClF6N4O3S/c1-2-36(34,35)16-7-11(14-5-3-12(8-15(14)22)20(23,24)25)9-29-18(16)32-19(33)31-10-13(21(26,27)28)4-6-17(31)30-32/h3-10H,2H2,1H3. The van der Waals surface area contributed by atoms with Gasteiger partial charge in [0.05, 0.1) is 16.9 Å². The Kier molecular flexibility index (Phi) is 6.15. The number of halogens is 7. The van der Waals surface area contributed by atoms with E-state index in [1.54, 1.807) is 0 Å². The van der Waals surface area contributed by atoms with E-state index in [-0.39, 0.29) is 21.8 Å². The van der Waals surface area contributed by atoms with Crippen LogP contribution in [0.5, 0.6) is 0 Å². The van der Waals surface area contributed by atoms with Gasteiger partial charge >= 0.3 is 18.0 Å². The lowest BCUT2D eigenvalue weighted by Crippen LogP contribution is -2.23. The normalized spacial score (nSPS) is 12.9. The molecule has 4 rings (SSSR count). The summed E-state index contributed by atoms with van der Waals surface area (Å²) in [6.07, 6.45) is -7.81. The van der Waals surface area contributed by atoms with Crippen molar-refractivity contribution in [3.05, 3.63) is 75.4 Å². The topological polar surface area (TPSA) is 86.3 Å². The molecule has 36 heavy (non-hydrogen) atoms. The van der Waals surface area contributed by atoms with Gasteiger partial charge in [-0.25, -0.2) is 22.6 Å². The molecule has 190 valence electrons. The van der Waals surface area contributed by atoms with Crippen molar-refractivity contribution in [3.8, 4) is 16.9 Å². The molecule has 0 N–H and O–H groups in total. The lowest BCUT2D eigenvalue weighted by atomic mass is 10.1. The van der Waals surface area contributed by atoms with Crippen molar-refractivity contribution in [2.75, 3.05) is 5.75 Å². The highest BCUT2D eigenvalue weighted by Crippen LogP contribution is 2.36. The molecule has 0 bridgehead atoms. The maximum Gasteiger partial charge on any atom is 0.417 e. The summed E-state index contributed by atoms with van der Waals surface area (Å²) >= 11 is 6.02. The molecule has 0 amide bonds. The molecule has 1 aromatic carbocycles. The minimum Gasteiger partial charge on any atom is -0.249 e. The van der Waals surface area contributed by atoms with Gasteiger partial charge in [-0.1, -0.05) is 24.6 Å². The highest BCUT2D eigenvalue weighted by molar-refractivity contribution is 7.91. The molecule has 0 fully saturated rings. The summed E-state index contributed by atoms with van der Waals surface area (Å²) in [6.45, 7) is 1.30. The van der Waals surface area contributed by atoms with Crippen LogP contribution in [0.3, 0.4) is 0 Å². The molecule has 0 radical (unpaired) electrons. The van der Waals surface area contributed by atoms with Gasteiger partial charge in [0.2, 0.25) is 0 Å². The summed E-state index contributed by atoms with van der Waals surface area (Å²) in [5.74, 6) is -0.947. The van der Waals surface area contributed by atoms with Gasteiger partial charge in [0.15, 0.2) is 21.3 Å². The predicted molar refractivity (Wildman–Crippen MR) is 117 cm³/mol. The van der Waals surface area contributed by atoms with Crippen LogP contribution in [0.1, 0.15) is 18.1 Å². The van der Waals surface area contributed by atoms with Crippen molar-refractivity contribution in [1.29, 1.82) is 0 Å². The SMILES string of the molecule is CCS(=O)(=O)c1cc(-c2ccc(C(F)(F)F)cc2Cl)cnc1-n1nc2ccc(C(F)(F)F)cn2c1=O. The Balaban J connectivity index is 1.93. The van der Waals surface area contributed by atoms with Crippen LogP contribution in [0.25, 0.3) is 22.6 Å². The number of nitrogens with zero attached hydrogens (tertiary/aromatic N) is 4. The van der Waals surface area contributed by atoms with Crippen LogP contribution in [0.15, 0.2) is 58.5 Å². The zero-order valence-corrected chi connectivity index (χ0v) is 19.5. The van der Waals surface area contributed by atoms with Gasteiger partial charge < -0.3 is 0 Å². The number of aromatic nitrogens is 4. The number of hydrogen-bond donors (Lipinski definition) is 0. The van der Waals surface area contributed by atoms with E-state index in [9.17, 15) is 39.6 Å². The summed E-state index contributed by atoms with van der Waals surface area (Å²) < 4.78 is 105. The third-order valence-corrected chi connectivity index (χ3v) is 7.24. The minimum absolute atomic E-state index is 0.0284. The Labute approximate surface area is 203 Å². The number of pyridine rings is 2. The maximum atomic E-state index is 13.1. The monoisotopic (exact) mass is 550 g/mol. The predicted octanol–water partition coefficient (Wildman–Crippen LogP) is 5.03. The van der Waals surface area contributed by atoms with Crippen molar-refractivity contribution < 1.29 is 34.8 Å². The van der Waals surface area contributed by atoms with Gasteiger partial charge in [-0.15, -0.1) is 5.10 Å². The van der Waals surface area contributed by atoms with Crippen molar-refractivity contribution >= 4 is 27.1 Å². The van der Waals surface area contributed by atoms with Crippen LogP contribution < -0.4 is 5.69 Å². The number of alkyl halides is 6. The Morgan fingerprint density at radius 3 is 2.19 bits per heavy atom. The average Bonchev–Trinajstić information content (AvgIpc) is 3.13. The Morgan fingerprint density at radius 1 is 0.972 bits per heavy atom. The number of rotatable bonds is 4. The molecule has 0 aliphatic heterocycles. The smallest absolute Gasteiger partial charge is 0.249 e. The lowest BCUT2D eigenvalue weighted by Gasteiger charge is -2.13. The largest absolute Gasteiger partial charge is 0.417 e. The molecular formula is C21H13ClF6N4O3S. The molecule has 0 saturated heterocycles. The van der Waals surface area contributed by atoms with Gasteiger partial charge in [0, 0.05) is 28.5 Å². The van der Waals surface area contributed by atoms with E-state index in [1.165, 1.54) is 6.92 Å². The van der Waals surface area contributed by atoms with Crippen LogP contribution in [0.2, 0.25) is 5.02 Å². The number of sulfone groups is 1. The summed E-state index contributed by atoms with van der Waals surface area (Å²) in [5, 5.41) is 3.56. The molecule has 0 spiro atoms. The fraction of sp³-hybridized carbons (Fsp3) is 0.190. The van der Waals surface area contributed by atoms with Crippen LogP contribution in [-0.4, -0.2) is 33.3 Å². The first kappa shape index (κ1) is 25.7. The second-order valence-electron chi connectivity index (χ2n) is 7.48. The fourth-order valence-electron chi connectivity index (χ4n) is 3.33. The summed E-state index contributed by atoms with van der Waals surface area (Å²) in [7, 11) is -4.11. The van der Waals surface area contributed by atoms with Gasteiger partial charge in [0.1, 0.15) is 4.90 Å². The number of hydrogen-bond acceptors (Lipinski definition) is 5. The second-order valence-corrected chi connectivity index (χ2v) is 10.1. The van der Waals surface area contributed by atoms with E-state index in [0.717, 1.165) is 30.5 Å². The van der Waals surface area contributed by atoms with E-state index < -0.39 is 55.5 Å². The second kappa shape index (κ2) is 8.62. The van der Waals surface area contributed by atoms with Crippen molar-refractivity contribution in [3.63, 3.8) is 0 Å². The Bertz CT molecular complexity index is 1660. The van der Waals surface area contributed by atoms with Crippen LogP contribution in [-0.2, 0) is 22.2 Å². The minimum atomic E-state index is -4.74. The molecule has 3 heterocycles.